The van der Waals surface area contributed by atoms with Gasteiger partial charge >= 0.3 is 5.97 Å². The van der Waals surface area contributed by atoms with Crippen molar-refractivity contribution in [1.82, 2.24) is 4.72 Å². The summed E-state index contributed by atoms with van der Waals surface area (Å²) in [5.74, 6) is -1.40. The number of hydrogen-bond donors (Lipinski definition) is 3. The standard InChI is InChI=1S/C9H19NO5S/c1-6(2)8(4-5-11)10-16(14,15)7(3)9(12)13/h6-8,10-11H,4-5H2,1-3H3,(H,12,13). The fraction of sp³-hybridized carbons (Fsp3) is 0.889. The molecule has 0 radical (unpaired) electrons. The SMILES string of the molecule is CC(C)C(CCO)NS(=O)(=O)C(C)C(=O)O. The van der Waals surface area contributed by atoms with Crippen molar-refractivity contribution in [2.24, 2.45) is 5.92 Å². The molecular weight excluding hydrogens is 234 g/mol. The highest BCUT2D eigenvalue weighted by molar-refractivity contribution is 7.90. The summed E-state index contributed by atoms with van der Waals surface area (Å²) in [7, 11) is -3.89. The maximum atomic E-state index is 11.6. The minimum atomic E-state index is -3.89. The first-order chi connectivity index (χ1) is 7.22. The van der Waals surface area contributed by atoms with Crippen LogP contribution in [-0.2, 0) is 14.8 Å². The smallest absolute Gasteiger partial charge is 0.323 e. The molecule has 3 N–H and O–H groups in total. The van der Waals surface area contributed by atoms with E-state index in [1.165, 1.54) is 0 Å². The van der Waals surface area contributed by atoms with Gasteiger partial charge in [0.1, 0.15) is 0 Å². The molecule has 0 aromatic carbocycles. The van der Waals surface area contributed by atoms with Crippen LogP contribution in [0.25, 0.3) is 0 Å². The lowest BCUT2D eigenvalue weighted by molar-refractivity contribution is -0.136. The number of hydrogen-bond acceptors (Lipinski definition) is 4. The van der Waals surface area contributed by atoms with E-state index in [9.17, 15) is 13.2 Å². The van der Waals surface area contributed by atoms with Gasteiger partial charge in [0.15, 0.2) is 5.25 Å². The predicted octanol–water partition coefficient (Wildman–Crippen LogP) is -0.214. The molecule has 0 saturated heterocycles. The van der Waals surface area contributed by atoms with Gasteiger partial charge in [0.05, 0.1) is 0 Å². The fourth-order valence-electron chi connectivity index (χ4n) is 1.11. The van der Waals surface area contributed by atoms with Gasteiger partial charge in [-0.3, -0.25) is 4.79 Å². The normalized spacial score (nSPS) is 16.1. The Morgan fingerprint density at radius 1 is 1.31 bits per heavy atom. The molecule has 0 bridgehead atoms. The molecule has 0 aromatic rings. The third-order valence-corrected chi connectivity index (χ3v) is 4.14. The Hall–Kier alpha value is -0.660. The predicted molar refractivity (Wildman–Crippen MR) is 59.5 cm³/mol. The summed E-state index contributed by atoms with van der Waals surface area (Å²) in [4.78, 5) is 10.6. The van der Waals surface area contributed by atoms with Crippen LogP contribution in [0.15, 0.2) is 0 Å². The lowest BCUT2D eigenvalue weighted by atomic mass is 10.0. The number of aliphatic hydroxyl groups excluding tert-OH is 1. The van der Waals surface area contributed by atoms with Crippen molar-refractivity contribution in [3.05, 3.63) is 0 Å². The Balaban J connectivity index is 4.73. The molecule has 2 atom stereocenters. The minimum absolute atomic E-state index is 0.0112. The van der Waals surface area contributed by atoms with Crippen molar-refractivity contribution >= 4 is 16.0 Å². The number of carboxylic acid groups (broad SMARTS) is 1. The van der Waals surface area contributed by atoms with Crippen LogP contribution in [0.1, 0.15) is 27.2 Å². The molecule has 7 heteroatoms. The Kier molecular flexibility index (Phi) is 5.91. The zero-order valence-corrected chi connectivity index (χ0v) is 10.5. The van der Waals surface area contributed by atoms with Gasteiger partial charge in [0.2, 0.25) is 10.0 Å². The molecule has 0 amide bonds. The molecule has 0 rings (SSSR count). The highest BCUT2D eigenvalue weighted by atomic mass is 32.2. The van der Waals surface area contributed by atoms with Crippen LogP contribution >= 0.6 is 0 Å². The quantitative estimate of drug-likeness (QED) is 0.582. The lowest BCUT2D eigenvalue weighted by Crippen LogP contribution is -2.45. The molecule has 0 aliphatic carbocycles. The van der Waals surface area contributed by atoms with Crippen molar-refractivity contribution in [2.75, 3.05) is 6.61 Å². The van der Waals surface area contributed by atoms with Crippen molar-refractivity contribution in [3.8, 4) is 0 Å². The van der Waals surface area contributed by atoms with E-state index in [1.807, 2.05) is 0 Å². The molecule has 0 aromatic heterocycles. The maximum absolute atomic E-state index is 11.6. The second-order valence-electron chi connectivity index (χ2n) is 4.01. The summed E-state index contributed by atoms with van der Waals surface area (Å²) in [6.07, 6.45) is 0.267. The molecule has 0 saturated carbocycles. The van der Waals surface area contributed by atoms with Crippen LogP contribution in [0.3, 0.4) is 0 Å². The molecule has 96 valence electrons. The number of carbonyl (C=O) groups is 1. The largest absolute Gasteiger partial charge is 0.480 e. The summed E-state index contributed by atoms with van der Waals surface area (Å²) in [5, 5.41) is 15.9. The highest BCUT2D eigenvalue weighted by Crippen LogP contribution is 2.09. The van der Waals surface area contributed by atoms with Gasteiger partial charge in [-0.05, 0) is 19.3 Å². The van der Waals surface area contributed by atoms with Gasteiger partial charge < -0.3 is 10.2 Å². The average molecular weight is 253 g/mol. The zero-order chi connectivity index (χ0) is 12.9. The number of carboxylic acids is 1. The van der Waals surface area contributed by atoms with E-state index in [4.69, 9.17) is 10.2 Å². The molecule has 6 nitrogen and oxygen atoms in total. The van der Waals surface area contributed by atoms with Crippen molar-refractivity contribution in [3.63, 3.8) is 0 Å². The van der Waals surface area contributed by atoms with E-state index in [1.54, 1.807) is 13.8 Å². The van der Waals surface area contributed by atoms with E-state index in [0.29, 0.717) is 0 Å². The zero-order valence-electron chi connectivity index (χ0n) is 9.67. The van der Waals surface area contributed by atoms with Gasteiger partial charge in [-0.15, -0.1) is 0 Å². The van der Waals surface area contributed by atoms with Gasteiger partial charge in [-0.25, -0.2) is 13.1 Å². The van der Waals surface area contributed by atoms with Gasteiger partial charge in [-0.2, -0.15) is 0 Å². The number of rotatable bonds is 7. The highest BCUT2D eigenvalue weighted by Gasteiger charge is 2.30. The third-order valence-electron chi connectivity index (χ3n) is 2.37. The van der Waals surface area contributed by atoms with Gasteiger partial charge in [0.25, 0.3) is 0 Å². The first-order valence-electron chi connectivity index (χ1n) is 5.07. The molecule has 0 spiro atoms. The summed E-state index contributed by atoms with van der Waals surface area (Å²) < 4.78 is 25.5. The second kappa shape index (κ2) is 6.17. The molecule has 0 heterocycles. The monoisotopic (exact) mass is 253 g/mol. The van der Waals surface area contributed by atoms with Crippen LogP contribution in [0.2, 0.25) is 0 Å². The number of nitrogens with one attached hydrogen (secondary N) is 1. The van der Waals surface area contributed by atoms with E-state index >= 15 is 0 Å². The lowest BCUT2D eigenvalue weighted by Gasteiger charge is -2.22. The van der Waals surface area contributed by atoms with Gasteiger partial charge in [0, 0.05) is 12.6 Å². The summed E-state index contributed by atoms with van der Waals surface area (Å²) in [5.41, 5.74) is 0. The molecule has 0 aliphatic heterocycles. The van der Waals surface area contributed by atoms with Crippen LogP contribution in [0, 0.1) is 5.92 Å². The minimum Gasteiger partial charge on any atom is -0.480 e. The van der Waals surface area contributed by atoms with E-state index in [0.717, 1.165) is 6.92 Å². The Labute approximate surface area is 95.7 Å². The molecule has 0 aliphatic rings. The second-order valence-corrected chi connectivity index (χ2v) is 6.04. The Bertz CT molecular complexity index is 325. The topological polar surface area (TPSA) is 104 Å². The third kappa shape index (κ3) is 4.46. The molecule has 0 fully saturated rings. The van der Waals surface area contributed by atoms with Crippen LogP contribution in [0.5, 0.6) is 0 Å². The average Bonchev–Trinajstić information content (AvgIpc) is 2.15. The molecular formula is C9H19NO5S. The van der Waals surface area contributed by atoms with E-state index < -0.39 is 27.3 Å². The van der Waals surface area contributed by atoms with Crippen LogP contribution in [0.4, 0.5) is 0 Å². The molecule has 16 heavy (non-hydrogen) atoms. The van der Waals surface area contributed by atoms with Crippen molar-refractivity contribution in [1.29, 1.82) is 0 Å². The molecule has 2 unspecified atom stereocenters. The Morgan fingerprint density at radius 2 is 1.81 bits per heavy atom. The van der Waals surface area contributed by atoms with E-state index in [-0.39, 0.29) is 18.9 Å². The Morgan fingerprint density at radius 3 is 2.12 bits per heavy atom. The van der Waals surface area contributed by atoms with Crippen molar-refractivity contribution < 1.29 is 23.4 Å². The maximum Gasteiger partial charge on any atom is 0.323 e. The summed E-state index contributed by atoms with van der Waals surface area (Å²) in [6, 6.07) is -0.447. The fourth-order valence-corrected chi connectivity index (χ4v) is 2.39. The van der Waals surface area contributed by atoms with Gasteiger partial charge in [-0.1, -0.05) is 13.8 Å². The van der Waals surface area contributed by atoms with Crippen LogP contribution in [-0.4, -0.2) is 42.5 Å². The summed E-state index contributed by atoms with van der Waals surface area (Å²) >= 11 is 0. The van der Waals surface area contributed by atoms with Crippen molar-refractivity contribution in [2.45, 2.75) is 38.5 Å². The number of aliphatic hydroxyl groups is 1. The first kappa shape index (κ1) is 15.3. The number of aliphatic carboxylic acids is 1. The summed E-state index contributed by atoms with van der Waals surface area (Å²) in [6.45, 7) is 4.57. The van der Waals surface area contributed by atoms with E-state index in [2.05, 4.69) is 4.72 Å². The first-order valence-corrected chi connectivity index (χ1v) is 6.61. The van der Waals surface area contributed by atoms with Crippen LogP contribution < -0.4 is 4.72 Å². The number of sulfonamides is 1.